The van der Waals surface area contributed by atoms with Crippen LogP contribution in [0.1, 0.15) is 41.2 Å². The van der Waals surface area contributed by atoms with Gasteiger partial charge in [-0.05, 0) is 37.5 Å². The first kappa shape index (κ1) is 20.9. The minimum absolute atomic E-state index is 0.285. The fraction of sp³-hybridized carbons (Fsp3) is 0.400. The molecule has 6 nitrogen and oxygen atoms in total. The zero-order valence-electron chi connectivity index (χ0n) is 16.1. The van der Waals surface area contributed by atoms with Crippen LogP contribution in [0.2, 0.25) is 0 Å². The molecule has 0 aliphatic carbocycles. The summed E-state index contributed by atoms with van der Waals surface area (Å²) in [7, 11) is 0. The molecule has 27 heavy (non-hydrogen) atoms. The molecule has 0 spiro atoms. The largest absolute Gasteiger partial charge is 0.452 e. The summed E-state index contributed by atoms with van der Waals surface area (Å²) in [5.41, 5.74) is 3.08. The molecule has 0 saturated heterocycles. The third-order valence-electron chi connectivity index (χ3n) is 3.60. The number of nitrogens with zero attached hydrogens (tertiary/aromatic N) is 2. The molecular formula is C20H25N3O3S. The molecular weight excluding hydrogens is 362 g/mol. The van der Waals surface area contributed by atoms with Gasteiger partial charge in [-0.1, -0.05) is 43.8 Å². The van der Waals surface area contributed by atoms with Crippen molar-refractivity contribution in [2.24, 2.45) is 5.92 Å². The normalized spacial score (nSPS) is 10.7. The van der Waals surface area contributed by atoms with Gasteiger partial charge in [0.05, 0.1) is 5.56 Å². The van der Waals surface area contributed by atoms with Gasteiger partial charge in [-0.2, -0.15) is 0 Å². The van der Waals surface area contributed by atoms with E-state index in [9.17, 15) is 9.59 Å². The van der Waals surface area contributed by atoms with Crippen molar-refractivity contribution < 1.29 is 14.3 Å². The van der Waals surface area contributed by atoms with Crippen molar-refractivity contribution in [3.8, 4) is 0 Å². The summed E-state index contributed by atoms with van der Waals surface area (Å²) in [6.45, 7) is 8.12. The van der Waals surface area contributed by atoms with Gasteiger partial charge in [-0.3, -0.25) is 4.79 Å². The van der Waals surface area contributed by atoms with Crippen LogP contribution in [0.4, 0.5) is 0 Å². The molecule has 0 bridgehead atoms. The zero-order valence-corrected chi connectivity index (χ0v) is 16.9. The molecule has 0 radical (unpaired) electrons. The molecule has 1 N–H and O–H groups in total. The molecule has 1 heterocycles. The molecule has 0 atom stereocenters. The maximum absolute atomic E-state index is 12.4. The number of hydrogen-bond acceptors (Lipinski definition) is 6. The fourth-order valence-electron chi connectivity index (χ4n) is 2.32. The minimum atomic E-state index is -0.507. The van der Waals surface area contributed by atoms with E-state index in [0.29, 0.717) is 28.9 Å². The Bertz CT molecular complexity index is 789. The van der Waals surface area contributed by atoms with Crippen LogP contribution in [-0.4, -0.2) is 35.0 Å². The Kier molecular flexibility index (Phi) is 7.79. The van der Waals surface area contributed by atoms with Crippen LogP contribution in [0.15, 0.2) is 35.5 Å². The van der Waals surface area contributed by atoms with Gasteiger partial charge in [-0.15, -0.1) is 0 Å². The Morgan fingerprint density at radius 3 is 2.48 bits per heavy atom. The van der Waals surface area contributed by atoms with E-state index in [1.54, 1.807) is 12.1 Å². The Morgan fingerprint density at radius 2 is 1.81 bits per heavy atom. The van der Waals surface area contributed by atoms with Crippen molar-refractivity contribution in [1.82, 2.24) is 15.3 Å². The van der Waals surface area contributed by atoms with E-state index < -0.39 is 5.97 Å². The molecule has 1 amide bonds. The maximum atomic E-state index is 12.4. The van der Waals surface area contributed by atoms with Crippen molar-refractivity contribution in [3.05, 3.63) is 52.8 Å². The molecule has 0 aliphatic rings. The summed E-state index contributed by atoms with van der Waals surface area (Å²) in [5, 5.41) is 3.39. The summed E-state index contributed by atoms with van der Waals surface area (Å²) in [6, 6.07) is 9.12. The number of thioether (sulfide) groups is 1. The molecule has 144 valence electrons. The van der Waals surface area contributed by atoms with Gasteiger partial charge in [0.1, 0.15) is 0 Å². The highest BCUT2D eigenvalue weighted by molar-refractivity contribution is 7.98. The average molecular weight is 388 g/mol. The van der Waals surface area contributed by atoms with Gasteiger partial charge >= 0.3 is 5.97 Å². The number of hydrogen-bond donors (Lipinski definition) is 1. The lowest BCUT2D eigenvalue weighted by molar-refractivity contribution is -0.124. The molecule has 0 saturated carbocycles. The predicted octanol–water partition coefficient (Wildman–Crippen LogP) is 3.31. The second-order valence-corrected chi connectivity index (χ2v) is 7.60. The summed E-state index contributed by atoms with van der Waals surface area (Å²) >= 11 is 1.46. The second-order valence-electron chi connectivity index (χ2n) is 6.65. The molecule has 7 heteroatoms. The molecule has 2 aromatic rings. The molecule has 0 fully saturated rings. The lowest BCUT2D eigenvalue weighted by atomic mass is 10.1. The van der Waals surface area contributed by atoms with E-state index in [4.69, 9.17) is 4.74 Å². The Hall–Kier alpha value is -2.41. The first-order valence-electron chi connectivity index (χ1n) is 8.82. The molecule has 0 aliphatic heterocycles. The quantitative estimate of drug-likeness (QED) is 0.425. The van der Waals surface area contributed by atoms with Crippen LogP contribution in [0, 0.1) is 19.8 Å². The topological polar surface area (TPSA) is 81.2 Å². The average Bonchev–Trinajstić information content (AvgIpc) is 2.62. The molecule has 1 aromatic carbocycles. The van der Waals surface area contributed by atoms with Gasteiger partial charge in [0.15, 0.2) is 11.8 Å². The zero-order chi connectivity index (χ0) is 19.8. The molecule has 0 unspecified atom stereocenters. The highest BCUT2D eigenvalue weighted by atomic mass is 32.2. The van der Waals surface area contributed by atoms with E-state index in [0.717, 1.165) is 17.0 Å². The number of aryl methyl sites for hydroxylation is 2. The van der Waals surface area contributed by atoms with Gasteiger partial charge in [-0.25, -0.2) is 14.8 Å². The first-order valence-corrected chi connectivity index (χ1v) is 9.80. The van der Waals surface area contributed by atoms with Gasteiger partial charge in [0.25, 0.3) is 5.91 Å². The maximum Gasteiger partial charge on any atom is 0.338 e. The van der Waals surface area contributed by atoms with Crippen LogP contribution >= 0.6 is 11.8 Å². The number of ether oxygens (including phenoxy) is 1. The Labute approximate surface area is 164 Å². The lowest BCUT2D eigenvalue weighted by Crippen LogP contribution is -2.31. The molecule has 1 aromatic heterocycles. The second kappa shape index (κ2) is 10.1. The highest BCUT2D eigenvalue weighted by Gasteiger charge is 2.15. The van der Waals surface area contributed by atoms with Crippen molar-refractivity contribution in [2.45, 2.75) is 38.6 Å². The van der Waals surface area contributed by atoms with E-state index in [1.165, 1.54) is 11.8 Å². The van der Waals surface area contributed by atoms with Gasteiger partial charge in [0, 0.05) is 23.7 Å². The van der Waals surface area contributed by atoms with E-state index in [-0.39, 0.29) is 12.5 Å². The van der Waals surface area contributed by atoms with Gasteiger partial charge < -0.3 is 10.1 Å². The highest BCUT2D eigenvalue weighted by Crippen LogP contribution is 2.22. The number of amides is 1. The van der Waals surface area contributed by atoms with Crippen molar-refractivity contribution in [2.75, 3.05) is 13.2 Å². The lowest BCUT2D eigenvalue weighted by Gasteiger charge is -2.10. The standard InChI is InChI=1S/C20H25N3O3S/c1-13(2)10-21-18(24)11-26-19(25)17-8-6-5-7-16(17)12-27-20-22-14(3)9-15(4)23-20/h5-9,13H,10-12H2,1-4H3,(H,21,24). The van der Waals surface area contributed by atoms with E-state index in [2.05, 4.69) is 15.3 Å². The monoisotopic (exact) mass is 387 g/mol. The van der Waals surface area contributed by atoms with Crippen LogP contribution in [-0.2, 0) is 15.3 Å². The molecule has 2 rings (SSSR count). The van der Waals surface area contributed by atoms with Crippen molar-refractivity contribution in [3.63, 3.8) is 0 Å². The summed E-state index contributed by atoms with van der Waals surface area (Å²) < 4.78 is 5.16. The number of aromatic nitrogens is 2. The van der Waals surface area contributed by atoms with Crippen LogP contribution < -0.4 is 5.32 Å². The SMILES string of the molecule is Cc1cc(C)nc(SCc2ccccc2C(=O)OCC(=O)NCC(C)C)n1. The number of esters is 1. The van der Waals surface area contributed by atoms with Gasteiger partial charge in [0.2, 0.25) is 0 Å². The number of carbonyl (C=O) groups is 2. The van der Waals surface area contributed by atoms with E-state index in [1.807, 2.05) is 45.9 Å². The van der Waals surface area contributed by atoms with Crippen molar-refractivity contribution >= 4 is 23.6 Å². The fourth-order valence-corrected chi connectivity index (χ4v) is 3.28. The Balaban J connectivity index is 1.97. The minimum Gasteiger partial charge on any atom is -0.452 e. The number of benzene rings is 1. The number of rotatable bonds is 8. The number of carbonyl (C=O) groups excluding carboxylic acids is 2. The summed E-state index contributed by atoms with van der Waals surface area (Å²) in [6.07, 6.45) is 0. The van der Waals surface area contributed by atoms with Crippen molar-refractivity contribution in [1.29, 1.82) is 0 Å². The first-order chi connectivity index (χ1) is 12.8. The third-order valence-corrected chi connectivity index (χ3v) is 4.49. The third kappa shape index (κ3) is 7.02. The number of nitrogens with one attached hydrogen (secondary N) is 1. The Morgan fingerprint density at radius 1 is 1.15 bits per heavy atom. The van der Waals surface area contributed by atoms with Crippen LogP contribution in [0.3, 0.4) is 0 Å². The summed E-state index contributed by atoms with van der Waals surface area (Å²) in [5.74, 6) is 0.0722. The van der Waals surface area contributed by atoms with Crippen LogP contribution in [0.5, 0.6) is 0 Å². The predicted molar refractivity (Wildman–Crippen MR) is 106 cm³/mol. The van der Waals surface area contributed by atoms with E-state index >= 15 is 0 Å². The van der Waals surface area contributed by atoms with Crippen LogP contribution in [0.25, 0.3) is 0 Å². The summed E-state index contributed by atoms with van der Waals surface area (Å²) in [4.78, 5) is 32.9. The smallest absolute Gasteiger partial charge is 0.338 e.